The largest absolute Gasteiger partial charge is 0.357 e. The fourth-order valence-electron chi connectivity index (χ4n) is 2.27. The maximum atomic E-state index is 4.60. The van der Waals surface area contributed by atoms with Gasteiger partial charge in [0.1, 0.15) is 5.82 Å². The van der Waals surface area contributed by atoms with E-state index in [9.17, 15) is 0 Å². The topological polar surface area (TPSA) is 54.2 Å². The lowest BCUT2D eigenvalue weighted by molar-refractivity contribution is 0.760. The van der Waals surface area contributed by atoms with Crippen LogP contribution >= 0.6 is 0 Å². The van der Waals surface area contributed by atoms with Crippen molar-refractivity contribution >= 4 is 5.96 Å². The van der Waals surface area contributed by atoms with E-state index < -0.39 is 0 Å². The quantitative estimate of drug-likeness (QED) is 0.469. The number of benzene rings is 1. The lowest BCUT2D eigenvalue weighted by Gasteiger charge is -2.10. The van der Waals surface area contributed by atoms with Crippen molar-refractivity contribution in [2.75, 3.05) is 13.1 Å². The summed E-state index contributed by atoms with van der Waals surface area (Å²) in [5.41, 5.74) is 2.44. The smallest absolute Gasteiger partial charge is 0.191 e. The van der Waals surface area contributed by atoms with Crippen LogP contribution in [0.4, 0.5) is 0 Å². The van der Waals surface area contributed by atoms with Crippen molar-refractivity contribution < 1.29 is 0 Å². The van der Waals surface area contributed by atoms with E-state index in [0.29, 0.717) is 13.1 Å². The van der Waals surface area contributed by atoms with Crippen LogP contribution in [0.2, 0.25) is 0 Å². The summed E-state index contributed by atoms with van der Waals surface area (Å²) >= 11 is 0. The van der Waals surface area contributed by atoms with E-state index in [1.807, 2.05) is 25.4 Å². The van der Waals surface area contributed by atoms with E-state index in [4.69, 9.17) is 0 Å². The van der Waals surface area contributed by atoms with Gasteiger partial charge in [0.25, 0.3) is 0 Å². The second-order valence-electron chi connectivity index (χ2n) is 5.29. The zero-order chi connectivity index (χ0) is 16.5. The first-order chi connectivity index (χ1) is 11.2. The molecule has 0 unspecified atom stereocenters. The van der Waals surface area contributed by atoms with Crippen LogP contribution in [0.15, 0.2) is 54.3 Å². The van der Waals surface area contributed by atoms with Gasteiger partial charge in [-0.2, -0.15) is 0 Å². The molecule has 0 saturated heterocycles. The molecule has 1 heterocycles. The number of imidazole rings is 1. The Bertz CT molecular complexity index is 657. The van der Waals surface area contributed by atoms with E-state index in [-0.39, 0.29) is 0 Å². The second kappa shape index (κ2) is 8.78. The highest BCUT2D eigenvalue weighted by Crippen LogP contribution is 2.09. The van der Waals surface area contributed by atoms with Crippen molar-refractivity contribution in [3.05, 3.63) is 66.3 Å². The molecule has 0 radical (unpaired) electrons. The number of hydrogen-bond donors (Lipinski definition) is 2. The van der Waals surface area contributed by atoms with Gasteiger partial charge in [-0.15, -0.1) is 6.58 Å². The normalized spacial score (nSPS) is 11.3. The molecule has 0 amide bonds. The highest BCUT2D eigenvalue weighted by molar-refractivity contribution is 5.79. The van der Waals surface area contributed by atoms with Gasteiger partial charge < -0.3 is 15.2 Å². The number of rotatable bonds is 7. The molecule has 2 rings (SSSR count). The van der Waals surface area contributed by atoms with Crippen LogP contribution in [0.5, 0.6) is 0 Å². The minimum atomic E-state index is 0.642. The van der Waals surface area contributed by atoms with E-state index in [1.54, 1.807) is 0 Å². The molecule has 0 aliphatic rings. The summed E-state index contributed by atoms with van der Waals surface area (Å²) in [5.74, 6) is 1.83. The maximum Gasteiger partial charge on any atom is 0.191 e. The molecule has 1 aromatic carbocycles. The summed E-state index contributed by atoms with van der Waals surface area (Å²) in [7, 11) is 0. The molecule has 2 N–H and O–H groups in total. The van der Waals surface area contributed by atoms with Crippen LogP contribution in [0.1, 0.15) is 23.9 Å². The molecule has 0 atom stereocenters. The molecule has 0 spiro atoms. The molecule has 0 fully saturated rings. The van der Waals surface area contributed by atoms with Gasteiger partial charge in [0.05, 0.1) is 6.54 Å². The molecule has 23 heavy (non-hydrogen) atoms. The number of aliphatic imine (C=N–C) groups is 1. The zero-order valence-corrected chi connectivity index (χ0v) is 13.9. The van der Waals surface area contributed by atoms with Crippen molar-refractivity contribution in [3.8, 4) is 0 Å². The predicted octanol–water partition coefficient (Wildman–Crippen LogP) is 2.48. The third kappa shape index (κ3) is 5.29. The van der Waals surface area contributed by atoms with Crippen LogP contribution in [-0.2, 0) is 13.1 Å². The summed E-state index contributed by atoms with van der Waals surface area (Å²) in [4.78, 5) is 8.86. The Morgan fingerprint density at radius 3 is 2.87 bits per heavy atom. The molecule has 5 heteroatoms. The minimum Gasteiger partial charge on any atom is -0.357 e. The van der Waals surface area contributed by atoms with E-state index in [1.165, 1.54) is 11.1 Å². The number of guanidine groups is 1. The van der Waals surface area contributed by atoms with Crippen molar-refractivity contribution in [2.24, 2.45) is 4.99 Å². The Morgan fingerprint density at radius 1 is 1.35 bits per heavy atom. The Morgan fingerprint density at radius 2 is 2.17 bits per heavy atom. The second-order valence-corrected chi connectivity index (χ2v) is 5.29. The lowest BCUT2D eigenvalue weighted by Crippen LogP contribution is -2.37. The molecule has 5 nitrogen and oxygen atoms in total. The zero-order valence-electron chi connectivity index (χ0n) is 13.9. The van der Waals surface area contributed by atoms with Crippen molar-refractivity contribution in [2.45, 2.75) is 26.9 Å². The average Bonchev–Trinajstić information content (AvgIpc) is 2.95. The first-order valence-electron chi connectivity index (χ1n) is 7.91. The fraction of sp³-hybridized carbons (Fsp3) is 0.333. The molecule has 122 valence electrons. The summed E-state index contributed by atoms with van der Waals surface area (Å²) in [6.07, 6.45) is 5.65. The van der Waals surface area contributed by atoms with Crippen LogP contribution in [0, 0.1) is 6.92 Å². The standard InChI is InChI=1S/C18H25N5/c1-4-9-21-18(19-5-2)22-13-16-7-6-8-17(12-16)14-23-11-10-20-15(23)3/h4,6-8,10-12H,1,5,9,13-14H2,2-3H3,(H2,19,21,22). The van der Waals surface area contributed by atoms with Crippen molar-refractivity contribution in [1.29, 1.82) is 0 Å². The number of nitrogens with one attached hydrogen (secondary N) is 2. The molecule has 0 aliphatic heterocycles. The first-order valence-corrected chi connectivity index (χ1v) is 7.91. The molecule has 0 bridgehead atoms. The van der Waals surface area contributed by atoms with Gasteiger partial charge in [-0.1, -0.05) is 30.3 Å². The Kier molecular flexibility index (Phi) is 6.41. The van der Waals surface area contributed by atoms with Gasteiger partial charge >= 0.3 is 0 Å². The summed E-state index contributed by atoms with van der Waals surface area (Å²) in [6.45, 7) is 10.8. The van der Waals surface area contributed by atoms with E-state index in [0.717, 1.165) is 24.9 Å². The fourth-order valence-corrected chi connectivity index (χ4v) is 2.27. The molecular weight excluding hydrogens is 286 g/mol. The van der Waals surface area contributed by atoms with Crippen LogP contribution in [0.25, 0.3) is 0 Å². The third-order valence-corrected chi connectivity index (χ3v) is 3.45. The van der Waals surface area contributed by atoms with Gasteiger partial charge in [0.15, 0.2) is 5.96 Å². The van der Waals surface area contributed by atoms with Crippen molar-refractivity contribution in [3.63, 3.8) is 0 Å². The summed E-state index contributed by atoms with van der Waals surface area (Å²) < 4.78 is 2.14. The van der Waals surface area contributed by atoms with Gasteiger partial charge in [0, 0.05) is 32.0 Å². The Balaban J connectivity index is 2.03. The number of nitrogens with zero attached hydrogens (tertiary/aromatic N) is 3. The number of aromatic nitrogens is 2. The highest BCUT2D eigenvalue weighted by atomic mass is 15.2. The van der Waals surface area contributed by atoms with Crippen molar-refractivity contribution in [1.82, 2.24) is 20.2 Å². The van der Waals surface area contributed by atoms with Gasteiger partial charge in [-0.3, -0.25) is 0 Å². The lowest BCUT2D eigenvalue weighted by atomic mass is 10.1. The molecular formula is C18H25N5. The van der Waals surface area contributed by atoms with E-state index >= 15 is 0 Å². The van der Waals surface area contributed by atoms with Gasteiger partial charge in [-0.05, 0) is 25.0 Å². The minimum absolute atomic E-state index is 0.642. The van der Waals surface area contributed by atoms with Crippen LogP contribution in [0.3, 0.4) is 0 Å². The summed E-state index contributed by atoms with van der Waals surface area (Å²) in [6, 6.07) is 8.51. The third-order valence-electron chi connectivity index (χ3n) is 3.45. The average molecular weight is 311 g/mol. The van der Waals surface area contributed by atoms with Crippen LogP contribution in [-0.4, -0.2) is 28.6 Å². The van der Waals surface area contributed by atoms with Gasteiger partial charge in [0.2, 0.25) is 0 Å². The first kappa shape index (κ1) is 16.8. The van der Waals surface area contributed by atoms with E-state index in [2.05, 4.69) is 62.9 Å². The maximum absolute atomic E-state index is 4.60. The van der Waals surface area contributed by atoms with Crippen LogP contribution < -0.4 is 10.6 Å². The monoisotopic (exact) mass is 311 g/mol. The Labute approximate surface area is 138 Å². The Hall–Kier alpha value is -2.56. The molecule has 1 aromatic heterocycles. The van der Waals surface area contributed by atoms with Gasteiger partial charge in [-0.25, -0.2) is 9.98 Å². The molecule has 2 aromatic rings. The SMILES string of the molecule is C=CCNC(=NCc1cccc(Cn2ccnc2C)c1)NCC. The molecule has 0 aliphatic carbocycles. The predicted molar refractivity (Wildman–Crippen MR) is 95.5 cm³/mol. The molecule has 0 saturated carbocycles. The highest BCUT2D eigenvalue weighted by Gasteiger charge is 2.01. The number of hydrogen-bond acceptors (Lipinski definition) is 2. The summed E-state index contributed by atoms with van der Waals surface area (Å²) in [5, 5.41) is 6.43. The number of aryl methyl sites for hydroxylation is 1.